The van der Waals surface area contributed by atoms with E-state index in [9.17, 15) is 9.59 Å². The van der Waals surface area contributed by atoms with Crippen molar-refractivity contribution in [3.05, 3.63) is 57.5 Å². The van der Waals surface area contributed by atoms with Crippen LogP contribution in [0.25, 0.3) is 17.0 Å². The normalized spacial score (nSPS) is 16.8. The molecule has 3 heterocycles. The number of nitrogen functional groups attached to an aromatic ring is 1. The Morgan fingerprint density at radius 2 is 2.21 bits per heavy atom. The van der Waals surface area contributed by atoms with Crippen molar-refractivity contribution in [2.45, 2.75) is 19.0 Å². The number of thiophene rings is 1. The third kappa shape index (κ3) is 4.38. The lowest BCUT2D eigenvalue weighted by Crippen LogP contribution is -2.40. The lowest BCUT2D eigenvalue weighted by atomic mass is 10.1. The van der Waals surface area contributed by atoms with Crippen molar-refractivity contribution >= 4 is 57.5 Å². The number of halogens is 1. The Balaban J connectivity index is 1.37. The first kappa shape index (κ1) is 19.4. The van der Waals surface area contributed by atoms with Crippen molar-refractivity contribution in [2.75, 3.05) is 12.3 Å². The third-order valence-electron chi connectivity index (χ3n) is 4.71. The molecule has 1 aliphatic heterocycles. The molecule has 0 saturated carbocycles. The Morgan fingerprint density at radius 3 is 3.00 bits per heavy atom. The molecule has 7 nitrogen and oxygen atoms in total. The Morgan fingerprint density at radius 1 is 1.34 bits per heavy atom. The van der Waals surface area contributed by atoms with Gasteiger partial charge >= 0.3 is 0 Å². The Kier molecular flexibility index (Phi) is 5.46. The number of nitrogens with one attached hydrogen (secondary N) is 1. The third-order valence-corrected chi connectivity index (χ3v) is 5.91. The highest BCUT2D eigenvalue weighted by Gasteiger charge is 2.32. The number of rotatable bonds is 5. The average molecular weight is 428 g/mol. The van der Waals surface area contributed by atoms with Crippen LogP contribution in [-0.4, -0.2) is 39.3 Å². The minimum Gasteiger partial charge on any atom is -0.383 e. The molecule has 0 spiro atoms. The summed E-state index contributed by atoms with van der Waals surface area (Å²) in [5.74, 6) is 0.0419. The summed E-state index contributed by atoms with van der Waals surface area (Å²) in [5.41, 5.74) is 7.54. The van der Waals surface area contributed by atoms with Crippen LogP contribution >= 0.6 is 22.9 Å². The summed E-state index contributed by atoms with van der Waals surface area (Å²) in [6, 6.07) is 8.77. The number of nitrogens with two attached hydrogens (primary N) is 1. The molecule has 29 heavy (non-hydrogen) atoms. The molecule has 1 atom stereocenters. The predicted octanol–water partition coefficient (Wildman–Crippen LogP) is 2.86. The van der Waals surface area contributed by atoms with Gasteiger partial charge in [-0.25, -0.2) is 9.97 Å². The summed E-state index contributed by atoms with van der Waals surface area (Å²) >= 11 is 7.26. The molecule has 1 fully saturated rings. The summed E-state index contributed by atoms with van der Waals surface area (Å²) in [6.45, 7) is 1.03. The lowest BCUT2D eigenvalue weighted by Gasteiger charge is -2.17. The highest BCUT2D eigenvalue weighted by atomic mass is 35.5. The lowest BCUT2D eigenvalue weighted by molar-refractivity contribution is -0.132. The molecule has 0 bridgehead atoms. The van der Waals surface area contributed by atoms with Gasteiger partial charge < -0.3 is 16.0 Å². The van der Waals surface area contributed by atoms with Gasteiger partial charge in [-0.3, -0.25) is 9.59 Å². The van der Waals surface area contributed by atoms with Crippen molar-refractivity contribution in [3.63, 3.8) is 0 Å². The molecule has 3 aromatic rings. The standard InChI is InChI=1S/C20H18ClN5O2S/c21-17-5-2-13(29-17)3-6-18(27)25-15-7-8-26(20(15)28)10-12-1-4-14-16(9-12)23-11-24-19(14)22/h1-6,9,11,15H,7-8,10H2,(H,25,27)(H2,22,23,24)/t15-/m1/s1. The van der Waals surface area contributed by atoms with E-state index in [4.69, 9.17) is 17.3 Å². The van der Waals surface area contributed by atoms with Crippen LogP contribution in [0.3, 0.4) is 0 Å². The summed E-state index contributed by atoms with van der Waals surface area (Å²) < 4.78 is 0.662. The van der Waals surface area contributed by atoms with E-state index in [1.807, 2.05) is 24.3 Å². The molecule has 0 radical (unpaired) electrons. The van der Waals surface area contributed by atoms with Crippen molar-refractivity contribution in [3.8, 4) is 0 Å². The van der Waals surface area contributed by atoms with Gasteiger partial charge in [-0.05, 0) is 42.3 Å². The number of amides is 2. The summed E-state index contributed by atoms with van der Waals surface area (Å²) in [5, 5.41) is 3.56. The second-order valence-corrected chi connectivity index (χ2v) is 8.44. The number of likely N-dealkylation sites (tertiary alicyclic amines) is 1. The van der Waals surface area contributed by atoms with Gasteiger partial charge in [0.1, 0.15) is 18.2 Å². The fourth-order valence-corrected chi connectivity index (χ4v) is 4.23. The number of anilines is 1. The minimum atomic E-state index is -0.516. The number of benzene rings is 1. The number of carbonyl (C=O) groups excluding carboxylic acids is 2. The van der Waals surface area contributed by atoms with Gasteiger partial charge in [-0.1, -0.05) is 17.7 Å². The maximum Gasteiger partial charge on any atom is 0.245 e. The van der Waals surface area contributed by atoms with Gasteiger partial charge in [0.2, 0.25) is 11.8 Å². The van der Waals surface area contributed by atoms with Gasteiger partial charge in [-0.2, -0.15) is 0 Å². The summed E-state index contributed by atoms with van der Waals surface area (Å²) in [4.78, 5) is 35.6. The van der Waals surface area contributed by atoms with Crippen molar-refractivity contribution in [1.29, 1.82) is 0 Å². The fraction of sp³-hybridized carbons (Fsp3) is 0.200. The predicted molar refractivity (Wildman–Crippen MR) is 114 cm³/mol. The number of carbonyl (C=O) groups is 2. The second-order valence-electron chi connectivity index (χ2n) is 6.70. The van der Waals surface area contributed by atoms with Crippen LogP contribution in [0.2, 0.25) is 4.34 Å². The van der Waals surface area contributed by atoms with Gasteiger partial charge in [0, 0.05) is 29.4 Å². The maximum absolute atomic E-state index is 12.7. The van der Waals surface area contributed by atoms with E-state index in [1.165, 1.54) is 23.7 Å². The van der Waals surface area contributed by atoms with E-state index in [0.717, 1.165) is 21.3 Å². The number of hydrogen-bond donors (Lipinski definition) is 2. The first-order valence-electron chi connectivity index (χ1n) is 9.01. The molecular weight excluding hydrogens is 410 g/mol. The molecule has 4 rings (SSSR count). The quantitative estimate of drug-likeness (QED) is 0.609. The van der Waals surface area contributed by atoms with Gasteiger partial charge in [0.05, 0.1) is 9.85 Å². The first-order valence-corrected chi connectivity index (χ1v) is 10.2. The monoisotopic (exact) mass is 427 g/mol. The summed E-state index contributed by atoms with van der Waals surface area (Å²) in [6.07, 6.45) is 5.11. The molecule has 0 aliphatic carbocycles. The zero-order chi connectivity index (χ0) is 20.4. The molecule has 148 valence electrons. The van der Waals surface area contributed by atoms with E-state index in [1.54, 1.807) is 17.0 Å². The smallest absolute Gasteiger partial charge is 0.245 e. The molecule has 3 N–H and O–H groups in total. The van der Waals surface area contributed by atoms with Gasteiger partial charge in [0.25, 0.3) is 0 Å². The number of fused-ring (bicyclic) bond motifs is 1. The molecule has 0 unspecified atom stereocenters. The fourth-order valence-electron chi connectivity index (χ4n) is 3.27. The SMILES string of the molecule is Nc1ncnc2cc(CN3CC[C@@H](NC(=O)C=Cc4ccc(Cl)s4)C3=O)ccc12. The largest absolute Gasteiger partial charge is 0.383 e. The number of aromatic nitrogens is 2. The van der Waals surface area contributed by atoms with Crippen LogP contribution in [0.1, 0.15) is 16.9 Å². The highest BCUT2D eigenvalue weighted by molar-refractivity contribution is 7.17. The molecule has 1 saturated heterocycles. The molecule has 2 aromatic heterocycles. The number of nitrogens with zero attached hydrogens (tertiary/aromatic N) is 3. The van der Waals surface area contributed by atoms with Crippen LogP contribution < -0.4 is 11.1 Å². The summed E-state index contributed by atoms with van der Waals surface area (Å²) in [7, 11) is 0. The molecule has 1 aliphatic rings. The van der Waals surface area contributed by atoms with Crippen LogP contribution in [0.4, 0.5) is 5.82 Å². The zero-order valence-electron chi connectivity index (χ0n) is 15.3. The number of hydrogen-bond acceptors (Lipinski definition) is 6. The molecular formula is C20H18ClN5O2S. The van der Waals surface area contributed by atoms with Crippen LogP contribution in [0.15, 0.2) is 42.7 Å². The zero-order valence-corrected chi connectivity index (χ0v) is 16.9. The Bertz CT molecular complexity index is 1110. The van der Waals surface area contributed by atoms with Crippen LogP contribution in [0, 0.1) is 0 Å². The van der Waals surface area contributed by atoms with E-state index in [2.05, 4.69) is 15.3 Å². The molecule has 2 amide bonds. The van der Waals surface area contributed by atoms with E-state index >= 15 is 0 Å². The van der Waals surface area contributed by atoms with E-state index in [-0.39, 0.29) is 11.8 Å². The van der Waals surface area contributed by atoms with E-state index in [0.29, 0.717) is 29.7 Å². The van der Waals surface area contributed by atoms with Crippen LogP contribution in [0.5, 0.6) is 0 Å². The Hall–Kier alpha value is -2.97. The van der Waals surface area contributed by atoms with Crippen molar-refractivity contribution in [2.24, 2.45) is 0 Å². The van der Waals surface area contributed by atoms with Crippen molar-refractivity contribution in [1.82, 2.24) is 20.2 Å². The Labute approximate surface area is 176 Å². The molecule has 9 heteroatoms. The van der Waals surface area contributed by atoms with Gasteiger partial charge in [0.15, 0.2) is 0 Å². The average Bonchev–Trinajstić information content (AvgIpc) is 3.27. The topological polar surface area (TPSA) is 101 Å². The van der Waals surface area contributed by atoms with Gasteiger partial charge in [-0.15, -0.1) is 11.3 Å². The van der Waals surface area contributed by atoms with E-state index < -0.39 is 6.04 Å². The van der Waals surface area contributed by atoms with Crippen LogP contribution in [-0.2, 0) is 16.1 Å². The maximum atomic E-state index is 12.7. The minimum absolute atomic E-state index is 0.0896. The first-order chi connectivity index (χ1) is 14.0. The molecule has 1 aromatic carbocycles. The highest BCUT2D eigenvalue weighted by Crippen LogP contribution is 2.23. The second kappa shape index (κ2) is 8.18. The van der Waals surface area contributed by atoms with Crippen molar-refractivity contribution < 1.29 is 9.59 Å².